The van der Waals surface area contributed by atoms with Crippen LogP contribution in [0.3, 0.4) is 0 Å². The molecule has 35 heavy (non-hydrogen) atoms. The maximum atomic E-state index is 14.8. The Kier molecular flexibility index (Phi) is 4.83. The van der Waals surface area contributed by atoms with Crippen LogP contribution in [-0.2, 0) is 0 Å². The summed E-state index contributed by atoms with van der Waals surface area (Å²) in [7, 11) is 0. The first-order valence-corrected chi connectivity index (χ1v) is 13.2. The van der Waals surface area contributed by atoms with Crippen molar-refractivity contribution in [2.24, 2.45) is 5.41 Å². The van der Waals surface area contributed by atoms with Crippen LogP contribution >= 0.6 is 22.9 Å². The molecule has 7 rings (SSSR count). The number of benzene rings is 2. The normalized spacial score (nSPS) is 19.3. The molecule has 4 aromatic rings. The van der Waals surface area contributed by atoms with Gasteiger partial charge in [-0.15, -0.1) is 0 Å². The lowest BCUT2D eigenvalue weighted by molar-refractivity contribution is 0.277. The third kappa shape index (κ3) is 3.51. The smallest absolute Gasteiger partial charge is 0.186 e. The van der Waals surface area contributed by atoms with Crippen molar-refractivity contribution in [1.82, 2.24) is 10.1 Å². The SMILES string of the molecule is Fc1cccc(Cl)c1-c1noc(C2CC2)c1C1=CC2(CCN(c3nc4c(F)cccc4s3)CC2)C1. The number of rotatable bonds is 4. The highest BCUT2D eigenvalue weighted by atomic mass is 35.5. The highest BCUT2D eigenvalue weighted by Gasteiger charge is 2.44. The molecule has 0 unspecified atom stereocenters. The molecule has 3 heterocycles. The molecule has 0 radical (unpaired) electrons. The lowest BCUT2D eigenvalue weighted by Gasteiger charge is -2.46. The van der Waals surface area contributed by atoms with Gasteiger partial charge in [-0.3, -0.25) is 0 Å². The van der Waals surface area contributed by atoms with Crippen molar-refractivity contribution in [2.75, 3.05) is 18.0 Å². The van der Waals surface area contributed by atoms with Crippen molar-refractivity contribution in [3.05, 3.63) is 70.5 Å². The number of hydrogen-bond donors (Lipinski definition) is 0. The number of anilines is 1. The van der Waals surface area contributed by atoms with Crippen molar-refractivity contribution >= 4 is 43.9 Å². The minimum atomic E-state index is -0.385. The molecule has 0 N–H and O–H groups in total. The number of thiazole rings is 1. The van der Waals surface area contributed by atoms with E-state index in [1.807, 2.05) is 6.07 Å². The standard InChI is InChI=1S/C27H22ClF2N3OS/c28-17-3-1-4-18(29)22(17)24-21(25(34-32-24)15-7-8-15)16-13-27(14-16)9-11-33(12-10-27)26-31-23-19(30)5-2-6-20(23)35-26/h1-6,13,15H,7-12,14H2. The highest BCUT2D eigenvalue weighted by molar-refractivity contribution is 7.22. The molecule has 1 saturated carbocycles. The van der Waals surface area contributed by atoms with Gasteiger partial charge in [0.15, 0.2) is 5.13 Å². The summed E-state index contributed by atoms with van der Waals surface area (Å²) in [6.07, 6.45) is 7.39. The number of hydrogen-bond acceptors (Lipinski definition) is 5. The minimum Gasteiger partial charge on any atom is -0.360 e. The van der Waals surface area contributed by atoms with E-state index in [0.29, 0.717) is 27.7 Å². The van der Waals surface area contributed by atoms with Crippen LogP contribution in [0.25, 0.3) is 27.0 Å². The molecule has 4 nitrogen and oxygen atoms in total. The van der Waals surface area contributed by atoms with Gasteiger partial charge in [-0.25, -0.2) is 13.8 Å². The Balaban J connectivity index is 1.16. The first kappa shape index (κ1) is 21.5. The van der Waals surface area contributed by atoms with Crippen molar-refractivity contribution in [3.63, 3.8) is 0 Å². The van der Waals surface area contributed by atoms with E-state index in [4.69, 9.17) is 16.1 Å². The Labute approximate surface area is 210 Å². The summed E-state index contributed by atoms with van der Waals surface area (Å²) in [5.41, 5.74) is 3.53. The summed E-state index contributed by atoms with van der Waals surface area (Å²) < 4.78 is 35.5. The van der Waals surface area contributed by atoms with Crippen LogP contribution in [0.5, 0.6) is 0 Å². The van der Waals surface area contributed by atoms with Crippen LogP contribution in [0, 0.1) is 17.0 Å². The molecular formula is C27H22ClF2N3OS. The van der Waals surface area contributed by atoms with E-state index in [0.717, 1.165) is 66.3 Å². The summed E-state index contributed by atoms with van der Waals surface area (Å²) >= 11 is 7.93. The molecule has 3 aliphatic rings. The largest absolute Gasteiger partial charge is 0.360 e. The molecule has 8 heteroatoms. The second kappa shape index (κ2) is 7.87. The van der Waals surface area contributed by atoms with Gasteiger partial charge in [0.2, 0.25) is 0 Å². The zero-order valence-corrected chi connectivity index (χ0v) is 20.4. The number of piperidine rings is 1. The maximum Gasteiger partial charge on any atom is 0.186 e. The molecule has 178 valence electrons. The van der Waals surface area contributed by atoms with E-state index in [1.165, 1.54) is 17.7 Å². The number of halogens is 3. The van der Waals surface area contributed by atoms with Gasteiger partial charge in [0.25, 0.3) is 0 Å². The monoisotopic (exact) mass is 509 g/mol. The van der Waals surface area contributed by atoms with Gasteiger partial charge in [0, 0.05) is 24.6 Å². The fourth-order valence-electron chi connectivity index (χ4n) is 5.52. The predicted molar refractivity (Wildman–Crippen MR) is 135 cm³/mol. The van der Waals surface area contributed by atoms with Crippen LogP contribution in [0.15, 0.2) is 47.0 Å². The minimum absolute atomic E-state index is 0.113. The molecule has 0 atom stereocenters. The topological polar surface area (TPSA) is 42.2 Å². The lowest BCUT2D eigenvalue weighted by Crippen LogP contribution is -2.42. The fraction of sp³-hybridized carbons (Fsp3) is 0.333. The second-order valence-corrected chi connectivity index (χ2v) is 11.3. The quantitative estimate of drug-likeness (QED) is 0.281. The number of allylic oxidation sites excluding steroid dienone is 2. The third-order valence-electron chi connectivity index (χ3n) is 7.60. The van der Waals surface area contributed by atoms with Crippen molar-refractivity contribution in [2.45, 2.75) is 38.0 Å². The molecule has 1 saturated heterocycles. The number of nitrogens with zero attached hydrogens (tertiary/aromatic N) is 3. The Morgan fingerprint density at radius 3 is 2.49 bits per heavy atom. The highest BCUT2D eigenvalue weighted by Crippen LogP contribution is 2.56. The zero-order chi connectivity index (χ0) is 23.7. The van der Waals surface area contributed by atoms with Gasteiger partial charge >= 0.3 is 0 Å². The Morgan fingerprint density at radius 1 is 1.03 bits per heavy atom. The summed E-state index contributed by atoms with van der Waals surface area (Å²) in [6, 6.07) is 9.82. The van der Waals surface area contributed by atoms with Gasteiger partial charge in [-0.2, -0.15) is 0 Å². The van der Waals surface area contributed by atoms with Crippen molar-refractivity contribution in [1.29, 1.82) is 0 Å². The maximum absolute atomic E-state index is 14.8. The van der Waals surface area contributed by atoms with E-state index in [1.54, 1.807) is 29.5 Å². The summed E-state index contributed by atoms with van der Waals surface area (Å²) in [5, 5.41) is 5.53. The van der Waals surface area contributed by atoms with Gasteiger partial charge in [0.05, 0.1) is 15.3 Å². The molecule has 0 amide bonds. The lowest BCUT2D eigenvalue weighted by atomic mass is 9.63. The van der Waals surface area contributed by atoms with Gasteiger partial charge in [-0.1, -0.05) is 46.3 Å². The third-order valence-corrected chi connectivity index (χ3v) is 8.99. The van der Waals surface area contributed by atoms with E-state index in [-0.39, 0.29) is 17.0 Å². The van der Waals surface area contributed by atoms with Crippen LogP contribution in [0.4, 0.5) is 13.9 Å². The number of para-hydroxylation sites is 1. The zero-order valence-electron chi connectivity index (χ0n) is 18.9. The first-order valence-electron chi connectivity index (χ1n) is 12.0. The average Bonchev–Trinajstić information content (AvgIpc) is 3.43. The summed E-state index contributed by atoms with van der Waals surface area (Å²) in [6.45, 7) is 1.74. The van der Waals surface area contributed by atoms with Gasteiger partial charge < -0.3 is 9.42 Å². The molecule has 1 aliphatic heterocycles. The Hall–Kier alpha value is -2.77. The molecule has 1 spiro atoms. The first-order chi connectivity index (χ1) is 17.0. The average molecular weight is 510 g/mol. The number of aromatic nitrogens is 2. The fourth-order valence-corrected chi connectivity index (χ4v) is 6.80. The van der Waals surface area contributed by atoms with E-state index >= 15 is 0 Å². The Bertz CT molecular complexity index is 1480. The van der Waals surface area contributed by atoms with E-state index in [2.05, 4.69) is 21.1 Å². The van der Waals surface area contributed by atoms with Crippen LogP contribution in [0.1, 0.15) is 49.3 Å². The molecule has 2 aromatic carbocycles. The summed E-state index contributed by atoms with van der Waals surface area (Å²) in [5.74, 6) is 0.575. The molecule has 2 aliphatic carbocycles. The van der Waals surface area contributed by atoms with E-state index in [9.17, 15) is 8.78 Å². The van der Waals surface area contributed by atoms with E-state index < -0.39 is 0 Å². The molecular weight excluding hydrogens is 488 g/mol. The Morgan fingerprint density at radius 2 is 1.77 bits per heavy atom. The van der Waals surface area contributed by atoms with Crippen LogP contribution < -0.4 is 4.90 Å². The predicted octanol–water partition coefficient (Wildman–Crippen LogP) is 7.83. The van der Waals surface area contributed by atoms with Crippen molar-refractivity contribution < 1.29 is 13.3 Å². The summed E-state index contributed by atoms with van der Waals surface area (Å²) in [4.78, 5) is 6.83. The molecule has 2 fully saturated rings. The molecule has 2 aromatic heterocycles. The number of fused-ring (bicyclic) bond motifs is 1. The van der Waals surface area contributed by atoms with Gasteiger partial charge in [-0.05, 0) is 67.4 Å². The molecule has 0 bridgehead atoms. The van der Waals surface area contributed by atoms with Crippen LogP contribution in [-0.4, -0.2) is 23.2 Å². The second-order valence-electron chi connectivity index (χ2n) is 9.92. The van der Waals surface area contributed by atoms with Crippen molar-refractivity contribution in [3.8, 4) is 11.3 Å². The van der Waals surface area contributed by atoms with Crippen LogP contribution in [0.2, 0.25) is 5.02 Å². The van der Waals surface area contributed by atoms with Gasteiger partial charge in [0.1, 0.15) is 28.6 Å².